The highest BCUT2D eigenvalue weighted by molar-refractivity contribution is 5.16. The molecule has 2 heteroatoms. The summed E-state index contributed by atoms with van der Waals surface area (Å²) in [6.07, 6.45) is 4.86. The molecule has 0 saturated carbocycles. The van der Waals surface area contributed by atoms with Crippen LogP contribution in [0.4, 0.5) is 0 Å². The highest BCUT2D eigenvalue weighted by atomic mass is 15.3. The Balaban J connectivity index is 2.08. The molecule has 2 unspecified atom stereocenters. The Morgan fingerprint density at radius 1 is 1.19 bits per heavy atom. The van der Waals surface area contributed by atoms with Gasteiger partial charge < -0.3 is 5.32 Å². The van der Waals surface area contributed by atoms with Crippen molar-refractivity contribution < 1.29 is 0 Å². The fourth-order valence-corrected chi connectivity index (χ4v) is 3.67. The monoisotopic (exact) mass is 288 g/mol. The molecule has 0 aliphatic carbocycles. The normalized spacial score (nSPS) is 27.2. The fourth-order valence-electron chi connectivity index (χ4n) is 3.67. The molecule has 1 saturated heterocycles. The van der Waals surface area contributed by atoms with Gasteiger partial charge >= 0.3 is 0 Å². The van der Waals surface area contributed by atoms with E-state index < -0.39 is 0 Å². The van der Waals surface area contributed by atoms with Gasteiger partial charge in [0, 0.05) is 30.7 Å². The van der Waals surface area contributed by atoms with Crippen LogP contribution in [0.3, 0.4) is 0 Å². The molecule has 0 radical (unpaired) electrons. The topological polar surface area (TPSA) is 15.3 Å². The van der Waals surface area contributed by atoms with Gasteiger partial charge in [0.05, 0.1) is 0 Å². The molecular weight excluding hydrogens is 256 g/mol. The summed E-state index contributed by atoms with van der Waals surface area (Å²) in [7, 11) is 0. The number of piperazine rings is 1. The van der Waals surface area contributed by atoms with Crippen molar-refractivity contribution in [3.05, 3.63) is 35.9 Å². The second-order valence-electron chi connectivity index (χ2n) is 6.74. The van der Waals surface area contributed by atoms with Gasteiger partial charge in [-0.3, -0.25) is 4.90 Å². The number of rotatable bonds is 6. The van der Waals surface area contributed by atoms with E-state index in [1.54, 1.807) is 0 Å². The van der Waals surface area contributed by atoms with Crippen molar-refractivity contribution in [1.29, 1.82) is 0 Å². The molecule has 2 rings (SSSR count). The Morgan fingerprint density at radius 3 is 2.43 bits per heavy atom. The molecule has 1 aromatic carbocycles. The van der Waals surface area contributed by atoms with E-state index in [2.05, 4.69) is 68.2 Å². The van der Waals surface area contributed by atoms with E-state index in [0.29, 0.717) is 11.6 Å². The lowest BCUT2D eigenvalue weighted by atomic mass is 9.87. The zero-order chi connectivity index (χ0) is 15.3. The average molecular weight is 288 g/mol. The van der Waals surface area contributed by atoms with Gasteiger partial charge in [0.15, 0.2) is 0 Å². The van der Waals surface area contributed by atoms with Crippen LogP contribution in [0.2, 0.25) is 0 Å². The predicted octanol–water partition coefficient (Wildman–Crippen LogP) is 3.86. The number of hydrogen-bond donors (Lipinski definition) is 1. The Kier molecular flexibility index (Phi) is 5.83. The van der Waals surface area contributed by atoms with Gasteiger partial charge in [-0.2, -0.15) is 0 Å². The van der Waals surface area contributed by atoms with Gasteiger partial charge in [0.1, 0.15) is 0 Å². The van der Waals surface area contributed by atoms with Crippen LogP contribution in [0, 0.1) is 0 Å². The summed E-state index contributed by atoms with van der Waals surface area (Å²) in [5.74, 6) is 0. The van der Waals surface area contributed by atoms with Crippen LogP contribution in [0.5, 0.6) is 0 Å². The molecule has 0 spiro atoms. The molecule has 0 aromatic heterocycles. The summed E-state index contributed by atoms with van der Waals surface area (Å²) in [5, 5.41) is 3.80. The number of benzene rings is 1. The summed E-state index contributed by atoms with van der Waals surface area (Å²) in [6.45, 7) is 11.7. The van der Waals surface area contributed by atoms with Gasteiger partial charge in [0.25, 0.3) is 0 Å². The minimum atomic E-state index is 0.309. The molecule has 1 heterocycles. The Bertz CT molecular complexity index is 413. The smallest absolute Gasteiger partial charge is 0.0306 e. The third-order valence-electron chi connectivity index (χ3n) is 5.35. The van der Waals surface area contributed by atoms with Crippen molar-refractivity contribution >= 4 is 0 Å². The van der Waals surface area contributed by atoms with Crippen LogP contribution >= 0.6 is 0 Å². The van der Waals surface area contributed by atoms with Gasteiger partial charge in [-0.1, -0.05) is 51.1 Å². The van der Waals surface area contributed by atoms with Gasteiger partial charge in [0.2, 0.25) is 0 Å². The lowest BCUT2D eigenvalue weighted by Crippen LogP contribution is -2.65. The maximum Gasteiger partial charge on any atom is 0.0306 e. The highest BCUT2D eigenvalue weighted by Gasteiger charge is 2.38. The van der Waals surface area contributed by atoms with Crippen molar-refractivity contribution in [3.8, 4) is 0 Å². The van der Waals surface area contributed by atoms with Crippen molar-refractivity contribution in [2.45, 2.75) is 71.0 Å². The molecule has 118 valence electrons. The first-order valence-corrected chi connectivity index (χ1v) is 8.67. The summed E-state index contributed by atoms with van der Waals surface area (Å²) in [5.41, 5.74) is 1.75. The zero-order valence-corrected chi connectivity index (χ0v) is 14.2. The first kappa shape index (κ1) is 16.5. The number of hydrogen-bond acceptors (Lipinski definition) is 2. The van der Waals surface area contributed by atoms with Crippen LogP contribution in [0.15, 0.2) is 30.3 Å². The van der Waals surface area contributed by atoms with Gasteiger partial charge in [-0.15, -0.1) is 0 Å². The third kappa shape index (κ3) is 3.87. The summed E-state index contributed by atoms with van der Waals surface area (Å²) >= 11 is 0. The van der Waals surface area contributed by atoms with Crippen molar-refractivity contribution in [2.24, 2.45) is 0 Å². The molecule has 2 atom stereocenters. The number of nitrogens with zero attached hydrogens (tertiary/aromatic N) is 1. The maximum atomic E-state index is 3.80. The van der Waals surface area contributed by atoms with Crippen LogP contribution in [0.25, 0.3) is 0 Å². The Labute approximate surface area is 130 Å². The molecule has 1 aliphatic heterocycles. The van der Waals surface area contributed by atoms with E-state index >= 15 is 0 Å². The Hall–Kier alpha value is -0.860. The molecular formula is C19H32N2. The standard InChI is InChI=1S/C19H32N2/c1-5-18(6-2)21-14-17(20-15-19(21,4)7-3)13-16-11-9-8-10-12-16/h8-12,17-18,20H,5-7,13-15H2,1-4H3. The fraction of sp³-hybridized carbons (Fsp3) is 0.684. The van der Waals surface area contributed by atoms with Crippen LogP contribution in [0.1, 0.15) is 52.5 Å². The predicted molar refractivity (Wildman–Crippen MR) is 91.7 cm³/mol. The molecule has 1 N–H and O–H groups in total. The lowest BCUT2D eigenvalue weighted by molar-refractivity contribution is 0.00717. The summed E-state index contributed by atoms with van der Waals surface area (Å²) < 4.78 is 0. The minimum Gasteiger partial charge on any atom is -0.311 e. The van der Waals surface area contributed by atoms with Crippen LogP contribution in [-0.4, -0.2) is 35.6 Å². The quantitative estimate of drug-likeness (QED) is 0.855. The highest BCUT2D eigenvalue weighted by Crippen LogP contribution is 2.28. The van der Waals surface area contributed by atoms with E-state index in [4.69, 9.17) is 0 Å². The second kappa shape index (κ2) is 7.42. The van der Waals surface area contributed by atoms with Gasteiger partial charge in [-0.25, -0.2) is 0 Å². The van der Waals surface area contributed by atoms with E-state index in [9.17, 15) is 0 Å². The van der Waals surface area contributed by atoms with Crippen LogP contribution < -0.4 is 5.32 Å². The SMILES string of the molecule is CCC(CC)N1CC(Cc2ccccc2)NCC1(C)CC. The van der Waals surface area contributed by atoms with Crippen molar-refractivity contribution in [3.63, 3.8) is 0 Å². The van der Waals surface area contributed by atoms with E-state index in [1.165, 1.54) is 31.4 Å². The molecule has 1 aromatic rings. The average Bonchev–Trinajstić information content (AvgIpc) is 2.52. The van der Waals surface area contributed by atoms with Gasteiger partial charge in [-0.05, 0) is 38.2 Å². The first-order valence-electron chi connectivity index (χ1n) is 8.67. The molecule has 2 nitrogen and oxygen atoms in total. The summed E-state index contributed by atoms with van der Waals surface area (Å²) in [6, 6.07) is 12.2. The van der Waals surface area contributed by atoms with Crippen molar-refractivity contribution in [2.75, 3.05) is 13.1 Å². The third-order valence-corrected chi connectivity index (χ3v) is 5.35. The van der Waals surface area contributed by atoms with E-state index in [1.807, 2.05) is 0 Å². The van der Waals surface area contributed by atoms with Crippen molar-refractivity contribution in [1.82, 2.24) is 10.2 Å². The minimum absolute atomic E-state index is 0.309. The first-order chi connectivity index (χ1) is 10.1. The number of nitrogens with one attached hydrogen (secondary N) is 1. The van der Waals surface area contributed by atoms with Crippen LogP contribution in [-0.2, 0) is 6.42 Å². The molecule has 0 bridgehead atoms. The maximum absolute atomic E-state index is 3.80. The zero-order valence-electron chi connectivity index (χ0n) is 14.2. The molecule has 21 heavy (non-hydrogen) atoms. The van der Waals surface area contributed by atoms with E-state index in [-0.39, 0.29) is 0 Å². The molecule has 1 aliphatic rings. The Morgan fingerprint density at radius 2 is 1.86 bits per heavy atom. The molecule has 0 amide bonds. The molecule has 1 fully saturated rings. The summed E-state index contributed by atoms with van der Waals surface area (Å²) in [4.78, 5) is 2.79. The lowest BCUT2D eigenvalue weighted by Gasteiger charge is -2.51. The second-order valence-corrected chi connectivity index (χ2v) is 6.74. The van der Waals surface area contributed by atoms with E-state index in [0.717, 1.165) is 19.0 Å². The largest absolute Gasteiger partial charge is 0.311 e.